The molecular weight excluding hydrogens is 395 g/mol. The van der Waals surface area contributed by atoms with E-state index >= 15 is 0 Å². The molecule has 1 N–H and O–H groups in total. The quantitative estimate of drug-likeness (QED) is 0.635. The molecular formula is C21H20ClFN4O2. The molecule has 1 aromatic heterocycles. The summed E-state index contributed by atoms with van der Waals surface area (Å²) in [6.45, 7) is 3.15. The molecule has 1 saturated heterocycles. The molecule has 0 spiro atoms. The second-order valence-corrected chi connectivity index (χ2v) is 7.55. The smallest absolute Gasteiger partial charge is 0.321 e. The number of likely N-dealkylation sites (tertiary alicyclic amines) is 1. The van der Waals surface area contributed by atoms with Gasteiger partial charge < -0.3 is 14.7 Å². The van der Waals surface area contributed by atoms with Gasteiger partial charge in [-0.1, -0.05) is 40.5 Å². The Bertz CT molecular complexity index is 1030. The second kappa shape index (κ2) is 8.21. The third kappa shape index (κ3) is 4.40. The Morgan fingerprint density at radius 1 is 1.24 bits per heavy atom. The zero-order valence-corrected chi connectivity index (χ0v) is 16.6. The van der Waals surface area contributed by atoms with E-state index in [0.29, 0.717) is 30.5 Å². The van der Waals surface area contributed by atoms with Crippen LogP contribution in [0.4, 0.5) is 14.9 Å². The summed E-state index contributed by atoms with van der Waals surface area (Å²) < 4.78 is 18.7. The van der Waals surface area contributed by atoms with E-state index in [0.717, 1.165) is 24.0 Å². The first-order chi connectivity index (χ1) is 14.0. The minimum absolute atomic E-state index is 0.0256. The summed E-state index contributed by atoms with van der Waals surface area (Å²) >= 11 is 5.76. The van der Waals surface area contributed by atoms with Gasteiger partial charge in [0.1, 0.15) is 5.82 Å². The summed E-state index contributed by atoms with van der Waals surface area (Å²) in [5.74, 6) is 0.782. The van der Waals surface area contributed by atoms with Gasteiger partial charge in [0.25, 0.3) is 0 Å². The average Bonchev–Trinajstić information content (AvgIpc) is 3.21. The summed E-state index contributed by atoms with van der Waals surface area (Å²) in [5, 5.41) is 6.83. The van der Waals surface area contributed by atoms with E-state index in [1.165, 1.54) is 18.2 Å². The lowest BCUT2D eigenvalue weighted by Gasteiger charge is -2.30. The number of nitrogens with one attached hydrogen (secondary N) is 1. The molecule has 0 saturated carbocycles. The highest BCUT2D eigenvalue weighted by Crippen LogP contribution is 2.29. The Morgan fingerprint density at radius 2 is 2.03 bits per heavy atom. The fourth-order valence-electron chi connectivity index (χ4n) is 3.41. The van der Waals surface area contributed by atoms with Crippen LogP contribution in [0.5, 0.6) is 0 Å². The molecule has 3 aromatic rings. The summed E-state index contributed by atoms with van der Waals surface area (Å²) in [7, 11) is 0. The summed E-state index contributed by atoms with van der Waals surface area (Å²) in [6.07, 6.45) is 1.46. The number of anilines is 1. The average molecular weight is 415 g/mol. The molecule has 0 unspecified atom stereocenters. The minimum atomic E-state index is -0.518. The maximum Gasteiger partial charge on any atom is 0.321 e. The molecule has 1 aliphatic rings. The summed E-state index contributed by atoms with van der Waals surface area (Å²) in [5.41, 5.74) is 2.52. The van der Waals surface area contributed by atoms with Gasteiger partial charge in [0.05, 0.1) is 5.02 Å². The summed E-state index contributed by atoms with van der Waals surface area (Å²) in [6, 6.07) is 11.8. The first-order valence-electron chi connectivity index (χ1n) is 9.41. The number of aryl methyl sites for hydroxylation is 1. The molecule has 2 amide bonds. The molecule has 8 heteroatoms. The van der Waals surface area contributed by atoms with E-state index in [-0.39, 0.29) is 17.0 Å². The van der Waals surface area contributed by atoms with Crippen molar-refractivity contribution in [2.75, 3.05) is 18.4 Å². The maximum absolute atomic E-state index is 13.2. The van der Waals surface area contributed by atoms with Crippen LogP contribution >= 0.6 is 11.6 Å². The normalized spacial score (nSPS) is 14.8. The van der Waals surface area contributed by atoms with Gasteiger partial charge in [-0.05, 0) is 44.0 Å². The van der Waals surface area contributed by atoms with Crippen LogP contribution in [0.1, 0.15) is 30.2 Å². The van der Waals surface area contributed by atoms with Gasteiger partial charge in [-0.25, -0.2) is 9.18 Å². The Morgan fingerprint density at radius 3 is 2.76 bits per heavy atom. The van der Waals surface area contributed by atoms with Gasteiger partial charge in [-0.3, -0.25) is 0 Å². The van der Waals surface area contributed by atoms with E-state index in [2.05, 4.69) is 15.5 Å². The van der Waals surface area contributed by atoms with Crippen molar-refractivity contribution in [2.45, 2.75) is 25.7 Å². The monoisotopic (exact) mass is 414 g/mol. The predicted octanol–water partition coefficient (Wildman–Crippen LogP) is 5.25. The fourth-order valence-corrected chi connectivity index (χ4v) is 3.59. The molecule has 4 rings (SSSR count). The van der Waals surface area contributed by atoms with Crippen LogP contribution in [0, 0.1) is 12.7 Å². The Labute approximate surface area is 172 Å². The highest BCUT2D eigenvalue weighted by Gasteiger charge is 2.27. The standard InChI is InChI=1S/C21H20ClFN4O2/c1-13-3-2-4-15(11-13)19-25-20(29-26-19)14-7-9-27(10-8-14)21(28)24-16-5-6-18(23)17(22)12-16/h2-6,11-12,14H,7-10H2,1H3,(H,24,28). The van der Waals surface area contributed by atoms with Crippen molar-refractivity contribution in [1.29, 1.82) is 0 Å². The number of hydrogen-bond donors (Lipinski definition) is 1. The van der Waals surface area contributed by atoms with Crippen molar-refractivity contribution in [1.82, 2.24) is 15.0 Å². The van der Waals surface area contributed by atoms with Crippen LogP contribution in [0.3, 0.4) is 0 Å². The van der Waals surface area contributed by atoms with Crippen LogP contribution < -0.4 is 5.32 Å². The van der Waals surface area contributed by atoms with E-state index in [9.17, 15) is 9.18 Å². The van der Waals surface area contributed by atoms with Gasteiger partial charge in [-0.2, -0.15) is 4.98 Å². The highest BCUT2D eigenvalue weighted by atomic mass is 35.5. The van der Waals surface area contributed by atoms with Crippen molar-refractivity contribution in [3.8, 4) is 11.4 Å². The number of nitrogens with zero attached hydrogens (tertiary/aromatic N) is 3. The molecule has 0 bridgehead atoms. The van der Waals surface area contributed by atoms with Gasteiger partial charge in [0.2, 0.25) is 11.7 Å². The van der Waals surface area contributed by atoms with Crippen LogP contribution in [-0.2, 0) is 0 Å². The number of aromatic nitrogens is 2. The zero-order valence-electron chi connectivity index (χ0n) is 15.9. The second-order valence-electron chi connectivity index (χ2n) is 7.15. The van der Waals surface area contributed by atoms with E-state index in [1.807, 2.05) is 31.2 Å². The minimum Gasteiger partial charge on any atom is -0.339 e. The molecule has 0 radical (unpaired) electrons. The lowest BCUT2D eigenvalue weighted by Crippen LogP contribution is -2.40. The van der Waals surface area contributed by atoms with Crippen LogP contribution in [0.15, 0.2) is 47.0 Å². The number of piperidine rings is 1. The Hall–Kier alpha value is -2.93. The number of rotatable bonds is 3. The van der Waals surface area contributed by atoms with Crippen molar-refractivity contribution < 1.29 is 13.7 Å². The topological polar surface area (TPSA) is 71.3 Å². The van der Waals surface area contributed by atoms with Crippen LogP contribution in [0.2, 0.25) is 5.02 Å². The van der Waals surface area contributed by atoms with Gasteiger partial charge in [-0.15, -0.1) is 0 Å². The van der Waals surface area contributed by atoms with Crippen molar-refractivity contribution in [2.24, 2.45) is 0 Å². The number of carbonyl (C=O) groups is 1. The first-order valence-corrected chi connectivity index (χ1v) is 9.79. The predicted molar refractivity (Wildman–Crippen MR) is 108 cm³/mol. The first kappa shape index (κ1) is 19.4. The summed E-state index contributed by atoms with van der Waals surface area (Å²) in [4.78, 5) is 18.7. The number of hydrogen-bond acceptors (Lipinski definition) is 4. The third-order valence-corrected chi connectivity index (χ3v) is 5.31. The van der Waals surface area contributed by atoms with Gasteiger partial charge in [0.15, 0.2) is 0 Å². The largest absolute Gasteiger partial charge is 0.339 e. The van der Waals surface area contributed by atoms with Crippen LogP contribution in [0.25, 0.3) is 11.4 Å². The lowest BCUT2D eigenvalue weighted by molar-refractivity contribution is 0.187. The molecule has 6 nitrogen and oxygen atoms in total. The van der Waals surface area contributed by atoms with Crippen molar-refractivity contribution in [3.05, 3.63) is 64.8 Å². The Kier molecular flexibility index (Phi) is 5.49. The van der Waals surface area contributed by atoms with Crippen LogP contribution in [-0.4, -0.2) is 34.2 Å². The van der Waals surface area contributed by atoms with Crippen molar-refractivity contribution >= 4 is 23.3 Å². The number of benzene rings is 2. The highest BCUT2D eigenvalue weighted by molar-refractivity contribution is 6.31. The molecule has 0 aliphatic carbocycles. The molecule has 1 aliphatic heterocycles. The number of amides is 2. The van der Waals surface area contributed by atoms with E-state index in [1.54, 1.807) is 4.90 Å². The fraction of sp³-hybridized carbons (Fsp3) is 0.286. The lowest BCUT2D eigenvalue weighted by atomic mass is 9.97. The van der Waals surface area contributed by atoms with Crippen molar-refractivity contribution in [3.63, 3.8) is 0 Å². The van der Waals surface area contributed by atoms with Gasteiger partial charge >= 0.3 is 6.03 Å². The van der Waals surface area contributed by atoms with E-state index < -0.39 is 5.82 Å². The molecule has 150 valence electrons. The zero-order chi connectivity index (χ0) is 20.4. The van der Waals surface area contributed by atoms with Gasteiger partial charge in [0, 0.05) is 30.3 Å². The van der Waals surface area contributed by atoms with E-state index in [4.69, 9.17) is 16.1 Å². The molecule has 29 heavy (non-hydrogen) atoms. The molecule has 1 fully saturated rings. The third-order valence-electron chi connectivity index (χ3n) is 5.02. The molecule has 2 heterocycles. The molecule has 0 atom stereocenters. The maximum atomic E-state index is 13.2. The number of urea groups is 1. The molecule has 2 aromatic carbocycles. The SMILES string of the molecule is Cc1cccc(-c2noc(C3CCN(C(=O)Nc4ccc(F)c(Cl)c4)CC3)n2)c1. The Balaban J connectivity index is 1.35. The number of halogens is 2. The number of carbonyl (C=O) groups excluding carboxylic acids is 1.